The SMILES string of the molecule is CC(Oc1cc(Cl)cc(Cl)c1)C(=O)N(C)C(C)CN. The number of hydrogen-bond acceptors (Lipinski definition) is 3. The van der Waals surface area contributed by atoms with Gasteiger partial charge in [0.2, 0.25) is 0 Å². The van der Waals surface area contributed by atoms with Gasteiger partial charge < -0.3 is 15.4 Å². The number of benzene rings is 1. The van der Waals surface area contributed by atoms with Crippen LogP contribution in [0.25, 0.3) is 0 Å². The molecule has 0 saturated heterocycles. The third-order valence-corrected chi connectivity index (χ3v) is 3.28. The van der Waals surface area contributed by atoms with Crippen LogP contribution in [-0.4, -0.2) is 36.5 Å². The molecule has 1 rings (SSSR count). The predicted molar refractivity (Wildman–Crippen MR) is 77.8 cm³/mol. The van der Waals surface area contributed by atoms with E-state index >= 15 is 0 Å². The molecule has 1 aromatic rings. The van der Waals surface area contributed by atoms with Gasteiger partial charge in [-0.3, -0.25) is 4.79 Å². The molecule has 0 aliphatic heterocycles. The Labute approximate surface area is 123 Å². The monoisotopic (exact) mass is 304 g/mol. The summed E-state index contributed by atoms with van der Waals surface area (Å²) in [6.45, 7) is 3.95. The third-order valence-electron chi connectivity index (χ3n) is 2.85. The predicted octanol–water partition coefficient (Wildman–Crippen LogP) is 2.57. The van der Waals surface area contributed by atoms with Gasteiger partial charge in [-0.15, -0.1) is 0 Å². The zero-order valence-corrected chi connectivity index (χ0v) is 12.7. The fourth-order valence-electron chi connectivity index (χ4n) is 1.51. The fraction of sp³-hybridized carbons (Fsp3) is 0.462. The molecule has 0 aromatic heterocycles. The van der Waals surface area contributed by atoms with Crippen molar-refractivity contribution >= 4 is 29.1 Å². The maximum atomic E-state index is 12.1. The van der Waals surface area contributed by atoms with Gasteiger partial charge in [-0.2, -0.15) is 0 Å². The van der Waals surface area contributed by atoms with Gasteiger partial charge in [-0.25, -0.2) is 0 Å². The summed E-state index contributed by atoms with van der Waals surface area (Å²) in [4.78, 5) is 13.7. The van der Waals surface area contributed by atoms with E-state index in [1.54, 1.807) is 37.1 Å². The number of amides is 1. The Morgan fingerprint density at radius 2 is 1.84 bits per heavy atom. The van der Waals surface area contributed by atoms with Crippen LogP contribution in [0.15, 0.2) is 18.2 Å². The maximum absolute atomic E-state index is 12.1. The molecule has 1 aromatic carbocycles. The molecular weight excluding hydrogens is 287 g/mol. The fourth-order valence-corrected chi connectivity index (χ4v) is 2.02. The zero-order valence-electron chi connectivity index (χ0n) is 11.2. The second-order valence-electron chi connectivity index (χ2n) is 4.40. The highest BCUT2D eigenvalue weighted by atomic mass is 35.5. The topological polar surface area (TPSA) is 55.6 Å². The average Bonchev–Trinajstić information content (AvgIpc) is 2.34. The minimum atomic E-state index is -0.631. The van der Waals surface area contributed by atoms with E-state index in [2.05, 4.69) is 0 Å². The van der Waals surface area contributed by atoms with E-state index in [0.29, 0.717) is 22.3 Å². The Hall–Kier alpha value is -0.970. The zero-order chi connectivity index (χ0) is 14.6. The van der Waals surface area contributed by atoms with Crippen LogP contribution in [0.3, 0.4) is 0 Å². The van der Waals surface area contributed by atoms with Crippen molar-refractivity contribution in [1.29, 1.82) is 0 Å². The van der Waals surface area contributed by atoms with Crippen LogP contribution in [-0.2, 0) is 4.79 Å². The minimum Gasteiger partial charge on any atom is -0.481 e. The van der Waals surface area contributed by atoms with Crippen LogP contribution >= 0.6 is 23.2 Å². The lowest BCUT2D eigenvalue weighted by molar-refractivity contribution is -0.138. The summed E-state index contributed by atoms with van der Waals surface area (Å²) >= 11 is 11.7. The Kier molecular flexibility index (Phi) is 5.91. The van der Waals surface area contributed by atoms with Crippen molar-refractivity contribution in [3.05, 3.63) is 28.2 Å². The van der Waals surface area contributed by atoms with Crippen molar-refractivity contribution in [3.63, 3.8) is 0 Å². The van der Waals surface area contributed by atoms with Crippen molar-refractivity contribution in [1.82, 2.24) is 4.90 Å². The highest BCUT2D eigenvalue weighted by Gasteiger charge is 2.22. The van der Waals surface area contributed by atoms with Crippen molar-refractivity contribution in [3.8, 4) is 5.75 Å². The Bertz CT molecular complexity index is 434. The molecule has 2 unspecified atom stereocenters. The molecule has 19 heavy (non-hydrogen) atoms. The molecule has 0 saturated carbocycles. The number of hydrogen-bond donors (Lipinski definition) is 1. The van der Waals surface area contributed by atoms with Crippen molar-refractivity contribution in [2.24, 2.45) is 5.73 Å². The Morgan fingerprint density at radius 1 is 1.32 bits per heavy atom. The second kappa shape index (κ2) is 6.98. The lowest BCUT2D eigenvalue weighted by Crippen LogP contribution is -2.45. The summed E-state index contributed by atoms with van der Waals surface area (Å²) in [6.07, 6.45) is -0.631. The van der Waals surface area contributed by atoms with Gasteiger partial charge in [0.1, 0.15) is 5.75 Å². The van der Waals surface area contributed by atoms with Gasteiger partial charge >= 0.3 is 0 Å². The summed E-state index contributed by atoms with van der Waals surface area (Å²) in [5.74, 6) is 0.321. The summed E-state index contributed by atoms with van der Waals surface area (Å²) in [6, 6.07) is 4.79. The molecule has 0 radical (unpaired) electrons. The molecule has 2 N–H and O–H groups in total. The van der Waals surface area contributed by atoms with E-state index in [4.69, 9.17) is 33.7 Å². The average molecular weight is 305 g/mol. The first-order valence-corrected chi connectivity index (χ1v) is 6.70. The minimum absolute atomic E-state index is 0.0403. The smallest absolute Gasteiger partial charge is 0.263 e. The van der Waals surface area contributed by atoms with Gasteiger partial charge in [0.05, 0.1) is 0 Å². The quantitative estimate of drug-likeness (QED) is 0.909. The largest absolute Gasteiger partial charge is 0.481 e. The molecule has 6 heteroatoms. The van der Waals surface area contributed by atoms with Gasteiger partial charge in [-0.05, 0) is 32.0 Å². The summed E-state index contributed by atoms with van der Waals surface area (Å²) in [5.41, 5.74) is 5.53. The molecular formula is C13H18Cl2N2O2. The summed E-state index contributed by atoms with van der Waals surface area (Å²) in [5, 5.41) is 0.927. The highest BCUT2D eigenvalue weighted by molar-refractivity contribution is 6.34. The van der Waals surface area contributed by atoms with Crippen LogP contribution in [0.1, 0.15) is 13.8 Å². The van der Waals surface area contributed by atoms with E-state index < -0.39 is 6.10 Å². The molecule has 0 aliphatic rings. The molecule has 1 amide bonds. The molecule has 106 valence electrons. The van der Waals surface area contributed by atoms with Crippen LogP contribution in [0, 0.1) is 0 Å². The van der Waals surface area contributed by atoms with Gasteiger partial charge in [0.15, 0.2) is 6.10 Å². The van der Waals surface area contributed by atoms with Crippen LogP contribution in [0.5, 0.6) is 5.75 Å². The van der Waals surface area contributed by atoms with E-state index in [-0.39, 0.29) is 11.9 Å². The number of ether oxygens (including phenoxy) is 1. The normalized spacial score (nSPS) is 13.8. The second-order valence-corrected chi connectivity index (χ2v) is 5.27. The number of nitrogens with two attached hydrogens (primary N) is 1. The Balaban J connectivity index is 2.73. The molecule has 0 aliphatic carbocycles. The first-order valence-electron chi connectivity index (χ1n) is 5.94. The van der Waals surface area contributed by atoms with Crippen molar-refractivity contribution in [2.75, 3.05) is 13.6 Å². The van der Waals surface area contributed by atoms with E-state index in [0.717, 1.165) is 0 Å². The van der Waals surface area contributed by atoms with Crippen LogP contribution in [0.2, 0.25) is 10.0 Å². The number of halogens is 2. The van der Waals surface area contributed by atoms with Crippen molar-refractivity contribution in [2.45, 2.75) is 26.0 Å². The summed E-state index contributed by atoms with van der Waals surface area (Å²) in [7, 11) is 1.70. The molecule has 2 atom stereocenters. The van der Waals surface area contributed by atoms with E-state index in [1.807, 2.05) is 6.92 Å². The van der Waals surface area contributed by atoms with Crippen LogP contribution < -0.4 is 10.5 Å². The lowest BCUT2D eigenvalue weighted by Gasteiger charge is -2.27. The maximum Gasteiger partial charge on any atom is 0.263 e. The van der Waals surface area contributed by atoms with E-state index in [9.17, 15) is 4.79 Å². The summed E-state index contributed by atoms with van der Waals surface area (Å²) < 4.78 is 5.55. The molecule has 0 bridgehead atoms. The number of likely N-dealkylation sites (N-methyl/N-ethyl adjacent to an activating group) is 1. The standard InChI is InChI=1S/C13H18Cl2N2O2/c1-8(7-16)17(3)13(18)9(2)19-12-5-10(14)4-11(15)6-12/h4-6,8-9H,7,16H2,1-3H3. The third kappa shape index (κ3) is 4.56. The molecule has 0 heterocycles. The highest BCUT2D eigenvalue weighted by Crippen LogP contribution is 2.25. The van der Waals surface area contributed by atoms with Crippen molar-refractivity contribution < 1.29 is 9.53 Å². The molecule has 4 nitrogen and oxygen atoms in total. The van der Waals surface area contributed by atoms with Gasteiger partial charge in [-0.1, -0.05) is 23.2 Å². The van der Waals surface area contributed by atoms with E-state index in [1.165, 1.54) is 0 Å². The first kappa shape index (κ1) is 16.1. The number of carbonyl (C=O) groups is 1. The number of carbonyl (C=O) groups excluding carboxylic acids is 1. The molecule has 0 spiro atoms. The number of nitrogens with zero attached hydrogens (tertiary/aromatic N) is 1. The first-order chi connectivity index (χ1) is 8.85. The number of rotatable bonds is 5. The van der Waals surface area contributed by atoms with Gasteiger partial charge in [0.25, 0.3) is 5.91 Å². The van der Waals surface area contributed by atoms with Crippen LogP contribution in [0.4, 0.5) is 0 Å². The van der Waals surface area contributed by atoms with Gasteiger partial charge in [0, 0.05) is 29.7 Å². The Morgan fingerprint density at radius 3 is 2.32 bits per heavy atom. The lowest BCUT2D eigenvalue weighted by atomic mass is 10.2. The molecule has 0 fully saturated rings.